The lowest BCUT2D eigenvalue weighted by molar-refractivity contribution is 0.0953. The molecule has 0 atom stereocenters. The second-order valence-electron chi connectivity index (χ2n) is 4.09. The lowest BCUT2D eigenvalue weighted by Crippen LogP contribution is -2.27. The van der Waals surface area contributed by atoms with Crippen LogP contribution in [-0.4, -0.2) is 22.6 Å². The molecular weight excluding hydrogens is 230 g/mol. The summed E-state index contributed by atoms with van der Waals surface area (Å²) in [5.41, 5.74) is 0.755. The molecule has 0 unspecified atom stereocenters. The van der Waals surface area contributed by atoms with Gasteiger partial charge in [0.25, 0.3) is 11.5 Å². The Morgan fingerprint density at radius 2 is 2.06 bits per heavy atom. The van der Waals surface area contributed by atoms with E-state index in [1.54, 1.807) is 24.3 Å². The fourth-order valence-electron chi connectivity index (χ4n) is 1.60. The Balaban J connectivity index is 2.45. The molecule has 0 bridgehead atoms. The van der Waals surface area contributed by atoms with Crippen LogP contribution in [-0.2, 0) is 0 Å². The van der Waals surface area contributed by atoms with Crippen molar-refractivity contribution in [2.45, 2.75) is 6.92 Å². The predicted octanol–water partition coefficient (Wildman–Crippen LogP) is 1.23. The number of H-pyrrole nitrogens is 1. The van der Waals surface area contributed by atoms with Gasteiger partial charge in [-0.3, -0.25) is 9.59 Å². The zero-order valence-electron chi connectivity index (χ0n) is 9.99. The molecule has 5 nitrogen and oxygen atoms in total. The molecule has 2 N–H and O–H groups in total. The Labute approximate surface area is 104 Å². The lowest BCUT2D eigenvalue weighted by atomic mass is 10.1. The van der Waals surface area contributed by atoms with Gasteiger partial charge in [0.2, 0.25) is 0 Å². The maximum Gasteiger partial charge on any atom is 0.272 e. The monoisotopic (exact) mass is 243 g/mol. The van der Waals surface area contributed by atoms with Gasteiger partial charge in [-0.1, -0.05) is 30.4 Å². The minimum Gasteiger partial charge on any atom is -0.347 e. The molecule has 1 amide bonds. The summed E-state index contributed by atoms with van der Waals surface area (Å²) in [5.74, 6) is -0.328. The quantitative estimate of drug-likeness (QED) is 0.796. The minimum absolute atomic E-state index is 0.214. The highest BCUT2D eigenvalue weighted by Crippen LogP contribution is 2.11. The number of carbonyl (C=O) groups excluding carboxylic acids is 1. The van der Waals surface area contributed by atoms with E-state index in [4.69, 9.17) is 0 Å². The van der Waals surface area contributed by atoms with Crippen molar-refractivity contribution in [3.8, 4) is 0 Å². The summed E-state index contributed by atoms with van der Waals surface area (Å²) in [7, 11) is 0. The molecule has 92 valence electrons. The van der Waals surface area contributed by atoms with Crippen LogP contribution in [0.25, 0.3) is 10.8 Å². The Bertz CT molecular complexity index is 673. The standard InChI is InChI=1S/C13H13N3O2/c1-8(2)7-14-13(18)11-9-5-3-4-6-10(9)12(17)16-15-11/h3-6H,1,7H2,2H3,(H,14,18)(H,16,17). The van der Waals surface area contributed by atoms with E-state index in [1.807, 2.05) is 6.92 Å². The molecule has 0 fully saturated rings. The first-order valence-corrected chi connectivity index (χ1v) is 5.49. The van der Waals surface area contributed by atoms with Crippen molar-refractivity contribution in [3.63, 3.8) is 0 Å². The third kappa shape index (κ3) is 2.29. The van der Waals surface area contributed by atoms with E-state index in [0.717, 1.165) is 5.57 Å². The molecule has 1 aromatic heterocycles. The minimum atomic E-state index is -0.328. The number of hydrogen-bond acceptors (Lipinski definition) is 3. The molecule has 1 aromatic carbocycles. The number of nitrogens with zero attached hydrogens (tertiary/aromatic N) is 1. The molecule has 0 aliphatic heterocycles. The van der Waals surface area contributed by atoms with E-state index < -0.39 is 0 Å². The van der Waals surface area contributed by atoms with Crippen LogP contribution in [0.2, 0.25) is 0 Å². The summed E-state index contributed by atoms with van der Waals surface area (Å²) in [5, 5.41) is 9.81. The highest BCUT2D eigenvalue weighted by molar-refractivity contribution is 6.04. The van der Waals surface area contributed by atoms with E-state index in [9.17, 15) is 9.59 Å². The second kappa shape index (κ2) is 4.83. The van der Waals surface area contributed by atoms with E-state index in [1.165, 1.54) is 0 Å². The molecule has 18 heavy (non-hydrogen) atoms. The van der Waals surface area contributed by atoms with Gasteiger partial charge in [-0.15, -0.1) is 0 Å². The molecule has 0 spiro atoms. The number of aromatic nitrogens is 2. The van der Waals surface area contributed by atoms with Crippen molar-refractivity contribution in [2.24, 2.45) is 0 Å². The lowest BCUT2D eigenvalue weighted by Gasteiger charge is -2.06. The van der Waals surface area contributed by atoms with Crippen molar-refractivity contribution >= 4 is 16.7 Å². The van der Waals surface area contributed by atoms with Crippen LogP contribution in [0.1, 0.15) is 17.4 Å². The molecule has 2 aromatic rings. The number of rotatable bonds is 3. The summed E-state index contributed by atoms with van der Waals surface area (Å²) in [6.07, 6.45) is 0. The van der Waals surface area contributed by atoms with Gasteiger partial charge in [-0.05, 0) is 13.0 Å². The summed E-state index contributed by atoms with van der Waals surface area (Å²) in [6.45, 7) is 5.91. The average molecular weight is 243 g/mol. The molecular formula is C13H13N3O2. The smallest absolute Gasteiger partial charge is 0.272 e. The third-order valence-electron chi connectivity index (χ3n) is 2.46. The second-order valence-corrected chi connectivity index (χ2v) is 4.09. The van der Waals surface area contributed by atoms with Gasteiger partial charge < -0.3 is 5.32 Å². The van der Waals surface area contributed by atoms with Gasteiger partial charge in [-0.25, -0.2) is 5.10 Å². The molecule has 0 radical (unpaired) electrons. The zero-order valence-corrected chi connectivity index (χ0v) is 9.99. The van der Waals surface area contributed by atoms with Gasteiger partial charge in [0.1, 0.15) is 0 Å². The van der Waals surface area contributed by atoms with E-state index in [2.05, 4.69) is 22.1 Å². The number of carbonyl (C=O) groups is 1. The Kier molecular flexibility index (Phi) is 3.23. The predicted molar refractivity (Wildman–Crippen MR) is 69.5 cm³/mol. The highest BCUT2D eigenvalue weighted by atomic mass is 16.2. The first-order valence-electron chi connectivity index (χ1n) is 5.49. The van der Waals surface area contributed by atoms with E-state index in [0.29, 0.717) is 17.3 Å². The summed E-state index contributed by atoms with van der Waals surface area (Å²) in [6, 6.07) is 6.87. The number of nitrogens with one attached hydrogen (secondary N) is 2. The summed E-state index contributed by atoms with van der Waals surface area (Å²) < 4.78 is 0. The molecule has 0 aliphatic carbocycles. The van der Waals surface area contributed by atoms with Gasteiger partial charge in [0.05, 0.1) is 5.39 Å². The number of hydrogen-bond donors (Lipinski definition) is 2. The number of fused-ring (bicyclic) bond motifs is 1. The number of benzene rings is 1. The number of amides is 1. The van der Waals surface area contributed by atoms with Crippen LogP contribution in [0.4, 0.5) is 0 Å². The van der Waals surface area contributed by atoms with Crippen LogP contribution in [0.5, 0.6) is 0 Å². The van der Waals surface area contributed by atoms with Crippen molar-refractivity contribution in [1.29, 1.82) is 0 Å². The topological polar surface area (TPSA) is 74.8 Å². The van der Waals surface area contributed by atoms with Crippen LogP contribution >= 0.6 is 0 Å². The number of aromatic amines is 1. The van der Waals surface area contributed by atoms with Crippen LogP contribution < -0.4 is 10.9 Å². The fourth-order valence-corrected chi connectivity index (χ4v) is 1.60. The van der Waals surface area contributed by atoms with Gasteiger partial charge in [0.15, 0.2) is 5.69 Å². The SMILES string of the molecule is C=C(C)CNC(=O)c1n[nH]c(=O)c2ccccc12. The Morgan fingerprint density at radius 1 is 1.39 bits per heavy atom. The highest BCUT2D eigenvalue weighted by Gasteiger charge is 2.12. The molecule has 5 heteroatoms. The largest absolute Gasteiger partial charge is 0.347 e. The van der Waals surface area contributed by atoms with Crippen molar-refractivity contribution in [3.05, 3.63) is 52.5 Å². The maximum atomic E-state index is 11.9. The van der Waals surface area contributed by atoms with E-state index in [-0.39, 0.29) is 17.2 Å². The van der Waals surface area contributed by atoms with Gasteiger partial charge >= 0.3 is 0 Å². The summed E-state index contributed by atoms with van der Waals surface area (Å²) >= 11 is 0. The maximum absolute atomic E-state index is 11.9. The fraction of sp³-hybridized carbons (Fsp3) is 0.154. The van der Waals surface area contributed by atoms with Crippen LogP contribution in [0, 0.1) is 0 Å². The summed E-state index contributed by atoms with van der Waals surface area (Å²) in [4.78, 5) is 23.5. The third-order valence-corrected chi connectivity index (χ3v) is 2.46. The normalized spacial score (nSPS) is 10.3. The first kappa shape index (κ1) is 12.0. The van der Waals surface area contributed by atoms with Crippen molar-refractivity contribution in [1.82, 2.24) is 15.5 Å². The Morgan fingerprint density at radius 3 is 2.72 bits per heavy atom. The van der Waals surface area contributed by atoms with Crippen molar-refractivity contribution in [2.75, 3.05) is 6.54 Å². The van der Waals surface area contributed by atoms with E-state index >= 15 is 0 Å². The van der Waals surface area contributed by atoms with Crippen LogP contribution in [0.3, 0.4) is 0 Å². The average Bonchev–Trinajstić information content (AvgIpc) is 2.37. The van der Waals surface area contributed by atoms with Gasteiger partial charge in [-0.2, -0.15) is 5.10 Å². The first-order chi connectivity index (χ1) is 8.59. The molecule has 0 saturated heterocycles. The Hall–Kier alpha value is -2.43. The van der Waals surface area contributed by atoms with Gasteiger partial charge in [0, 0.05) is 11.9 Å². The van der Waals surface area contributed by atoms with Crippen LogP contribution in [0.15, 0.2) is 41.2 Å². The molecule has 2 rings (SSSR count). The zero-order chi connectivity index (χ0) is 13.1. The molecule has 0 aliphatic rings. The van der Waals surface area contributed by atoms with Crippen molar-refractivity contribution < 1.29 is 4.79 Å². The molecule has 1 heterocycles. The molecule has 0 saturated carbocycles.